The van der Waals surface area contributed by atoms with Gasteiger partial charge in [-0.25, -0.2) is 4.79 Å². The molecule has 254 valence electrons. The summed E-state index contributed by atoms with van der Waals surface area (Å²) < 4.78 is 0. The van der Waals surface area contributed by atoms with Crippen molar-refractivity contribution in [1.82, 2.24) is 0 Å². The second-order valence-electron chi connectivity index (χ2n) is 8.50. The van der Waals surface area contributed by atoms with Crippen molar-refractivity contribution in [2.75, 3.05) is 0 Å². The van der Waals surface area contributed by atoms with E-state index < -0.39 is 47.8 Å². The van der Waals surface area contributed by atoms with Crippen LogP contribution >= 0.6 is 0 Å². The Morgan fingerprint density at radius 3 is 0.509 bits per heavy atom. The standard InChI is InChI=1S/4C8H6O4.4Na.Rh/c4*9-7(10)5-3-1-2-4-6(5)8(11)12;;;;;/h4*1-4H,(H,9,10)(H,11,12);;;;;/q;;;;4*+1;+3/p-7. The van der Waals surface area contributed by atoms with Gasteiger partial charge in [0.25, 0.3) is 0 Å². The zero-order valence-electron chi connectivity index (χ0n) is 28.1. The Kier molecular flexibility index (Phi) is 34.3. The zero-order valence-corrected chi connectivity index (χ0v) is 37.8. The molecule has 0 aromatic heterocycles. The Bertz CT molecular complexity index is 1480. The minimum atomic E-state index is -1.52. The summed E-state index contributed by atoms with van der Waals surface area (Å²) in [6, 6.07) is 20.7. The van der Waals surface area contributed by atoms with Crippen molar-refractivity contribution in [2.45, 2.75) is 0 Å². The van der Waals surface area contributed by atoms with E-state index in [9.17, 15) is 74.1 Å². The second kappa shape index (κ2) is 30.6. The van der Waals surface area contributed by atoms with E-state index in [4.69, 9.17) is 5.11 Å². The van der Waals surface area contributed by atoms with E-state index in [0.29, 0.717) is 0 Å². The molecule has 0 saturated heterocycles. The second-order valence-corrected chi connectivity index (χ2v) is 8.50. The van der Waals surface area contributed by atoms with Crippen molar-refractivity contribution >= 4 is 47.8 Å². The molecule has 4 aromatic rings. The first-order valence-corrected chi connectivity index (χ1v) is 12.6. The summed E-state index contributed by atoms with van der Waals surface area (Å²) in [6.45, 7) is 0. The van der Waals surface area contributed by atoms with Crippen LogP contribution in [0.2, 0.25) is 0 Å². The quantitative estimate of drug-likeness (QED) is 0.161. The fourth-order valence-corrected chi connectivity index (χ4v) is 3.36. The van der Waals surface area contributed by atoms with Gasteiger partial charge in [0.05, 0.1) is 47.3 Å². The van der Waals surface area contributed by atoms with Gasteiger partial charge in [-0.05, 0) is 6.07 Å². The predicted molar refractivity (Wildman–Crippen MR) is 143 cm³/mol. The Labute approximate surface area is 401 Å². The van der Waals surface area contributed by atoms with Crippen LogP contribution in [-0.2, 0) is 19.5 Å². The molecule has 0 aliphatic rings. The van der Waals surface area contributed by atoms with Gasteiger partial charge in [-0.1, -0.05) is 91.0 Å². The van der Waals surface area contributed by atoms with Gasteiger partial charge >= 0.3 is 144 Å². The summed E-state index contributed by atoms with van der Waals surface area (Å²) in [5, 5.41) is 80.8. The molecule has 0 spiro atoms. The summed E-state index contributed by atoms with van der Waals surface area (Å²) in [5.74, 6) is -11.9. The molecule has 1 N–H and O–H groups in total. The molecule has 0 amide bonds. The monoisotopic (exact) mass is 852 g/mol. The molecule has 0 aliphatic carbocycles. The maximum atomic E-state index is 10.4. The number of carboxylic acids is 8. The minimum Gasteiger partial charge on any atom is -0.545 e. The van der Waals surface area contributed by atoms with Crippen LogP contribution in [0.4, 0.5) is 0 Å². The molecular formula is C32H17Na4O16Rh. The van der Waals surface area contributed by atoms with Gasteiger partial charge in [0.2, 0.25) is 0 Å². The number of aromatic carboxylic acids is 8. The molecular weight excluding hydrogens is 835 g/mol. The number of carbonyl (C=O) groups is 8. The average Bonchev–Trinajstić information content (AvgIpc) is 3.05. The molecule has 0 atom stereocenters. The Balaban J connectivity index is -0.000000187. The van der Waals surface area contributed by atoms with E-state index in [1.54, 1.807) is 0 Å². The normalized spacial score (nSPS) is 8.45. The molecule has 0 radical (unpaired) electrons. The number of rotatable bonds is 8. The van der Waals surface area contributed by atoms with E-state index in [0.717, 1.165) is 36.4 Å². The zero-order chi connectivity index (χ0) is 36.6. The third-order valence-electron chi connectivity index (χ3n) is 5.48. The molecule has 21 heteroatoms. The van der Waals surface area contributed by atoms with Gasteiger partial charge in [-0.15, -0.1) is 0 Å². The number of hydrogen-bond acceptors (Lipinski definition) is 15. The summed E-state index contributed by atoms with van der Waals surface area (Å²) in [6.07, 6.45) is 0. The van der Waals surface area contributed by atoms with Crippen LogP contribution in [0, 0.1) is 0 Å². The molecule has 0 fully saturated rings. The summed E-state index contributed by atoms with van der Waals surface area (Å²) in [7, 11) is 0. The molecule has 0 bridgehead atoms. The van der Waals surface area contributed by atoms with E-state index in [1.165, 1.54) is 60.7 Å². The van der Waals surface area contributed by atoms with Crippen molar-refractivity contribution in [3.8, 4) is 0 Å². The van der Waals surface area contributed by atoms with Crippen LogP contribution < -0.4 is 154 Å². The van der Waals surface area contributed by atoms with Crippen molar-refractivity contribution in [3.05, 3.63) is 142 Å². The maximum Gasteiger partial charge on any atom is 3.00 e. The molecule has 0 heterocycles. The van der Waals surface area contributed by atoms with Crippen LogP contribution in [0.15, 0.2) is 97.1 Å². The largest absolute Gasteiger partial charge is 3.00 e. The summed E-state index contributed by atoms with van der Waals surface area (Å²) >= 11 is 0. The van der Waals surface area contributed by atoms with E-state index in [2.05, 4.69) is 0 Å². The van der Waals surface area contributed by atoms with Gasteiger partial charge in [0.1, 0.15) is 0 Å². The third-order valence-corrected chi connectivity index (χ3v) is 5.48. The average molecular weight is 852 g/mol. The first-order chi connectivity index (χ1) is 22.5. The van der Waals surface area contributed by atoms with Crippen molar-refractivity contribution in [2.24, 2.45) is 0 Å². The number of carboxylic acid groups (broad SMARTS) is 8. The molecule has 4 aromatic carbocycles. The molecule has 4 rings (SSSR count). The number of carbonyl (C=O) groups excluding carboxylic acids is 7. The van der Waals surface area contributed by atoms with E-state index >= 15 is 0 Å². The fourth-order valence-electron chi connectivity index (χ4n) is 3.36. The molecule has 0 unspecified atom stereocenters. The van der Waals surface area contributed by atoms with E-state index in [-0.39, 0.29) is 182 Å². The van der Waals surface area contributed by atoms with E-state index in [1.807, 2.05) is 0 Å². The Hall–Kier alpha value is -2.74. The Morgan fingerprint density at radius 1 is 0.302 bits per heavy atom. The molecule has 53 heavy (non-hydrogen) atoms. The van der Waals surface area contributed by atoms with Crippen LogP contribution in [0.5, 0.6) is 0 Å². The number of hydrogen-bond donors (Lipinski definition) is 1. The van der Waals surface area contributed by atoms with Gasteiger partial charge in [0.15, 0.2) is 0 Å². The van der Waals surface area contributed by atoms with Crippen LogP contribution in [0.1, 0.15) is 82.9 Å². The van der Waals surface area contributed by atoms with Crippen LogP contribution in [-0.4, -0.2) is 52.9 Å². The SMILES string of the molecule is O=C([O-])c1ccccc1C(=O)O.O=C([O-])c1ccccc1C(=O)[O-].O=C([O-])c1ccccc1C(=O)[O-].O=C([O-])c1ccccc1C(=O)[O-].[Na+].[Na+].[Na+].[Na+].[Rh+3]. The maximum absolute atomic E-state index is 10.4. The molecule has 0 aliphatic heterocycles. The minimum absolute atomic E-state index is 0. The Morgan fingerprint density at radius 2 is 0.415 bits per heavy atom. The van der Waals surface area contributed by atoms with Gasteiger partial charge in [0, 0.05) is 38.9 Å². The van der Waals surface area contributed by atoms with Crippen LogP contribution in [0.25, 0.3) is 0 Å². The number of benzene rings is 4. The first kappa shape index (κ1) is 59.5. The van der Waals surface area contributed by atoms with Gasteiger partial charge < -0.3 is 74.4 Å². The predicted octanol–water partition coefficient (Wildman–Crippen LogP) is -17.0. The fraction of sp³-hybridized carbons (Fsp3) is 0. The molecule has 16 nitrogen and oxygen atoms in total. The van der Waals surface area contributed by atoms with Crippen molar-refractivity contribution in [1.29, 1.82) is 0 Å². The van der Waals surface area contributed by atoms with Crippen molar-refractivity contribution in [3.63, 3.8) is 0 Å². The van der Waals surface area contributed by atoms with Gasteiger partial charge in [-0.3, -0.25) is 0 Å². The van der Waals surface area contributed by atoms with Crippen LogP contribution in [0.3, 0.4) is 0 Å². The van der Waals surface area contributed by atoms with Crippen molar-refractivity contribution < 1.29 is 217 Å². The third kappa shape index (κ3) is 20.5. The molecule has 0 saturated carbocycles. The summed E-state index contributed by atoms with van der Waals surface area (Å²) in [5.41, 5.74) is -2.73. The first-order valence-electron chi connectivity index (χ1n) is 12.6. The topological polar surface area (TPSA) is 318 Å². The van der Waals surface area contributed by atoms with Gasteiger partial charge in [-0.2, -0.15) is 0 Å². The smallest absolute Gasteiger partial charge is 0.545 e. The summed E-state index contributed by atoms with van der Waals surface area (Å²) in [4.78, 5) is 82.7.